The summed E-state index contributed by atoms with van der Waals surface area (Å²) in [4.78, 5) is 78.0. The van der Waals surface area contributed by atoms with E-state index in [4.69, 9.17) is 28.4 Å². The zero-order valence-electron chi connectivity index (χ0n) is 33.6. The number of hydrogen-bond donors (Lipinski definition) is 2. The van der Waals surface area contributed by atoms with Crippen molar-refractivity contribution in [3.63, 3.8) is 0 Å². The van der Waals surface area contributed by atoms with Gasteiger partial charge >= 0.3 is 12.1 Å². The van der Waals surface area contributed by atoms with E-state index in [1.54, 1.807) is 42.3 Å². The van der Waals surface area contributed by atoms with Crippen molar-refractivity contribution in [1.29, 1.82) is 0 Å². The summed E-state index contributed by atoms with van der Waals surface area (Å²) < 4.78 is 36.9. The average molecular weight is 846 g/mol. The van der Waals surface area contributed by atoms with Crippen LogP contribution >= 0.6 is 11.3 Å². The van der Waals surface area contributed by atoms with Crippen molar-refractivity contribution in [2.75, 3.05) is 56.1 Å². The Bertz CT molecular complexity index is 2270. The minimum atomic E-state index is -0.908. The van der Waals surface area contributed by atoms with Crippen molar-refractivity contribution in [1.82, 2.24) is 19.4 Å². The van der Waals surface area contributed by atoms with Crippen LogP contribution in [0.1, 0.15) is 82.7 Å². The Labute approximate surface area is 349 Å². The van der Waals surface area contributed by atoms with Crippen LogP contribution in [0.4, 0.5) is 21.4 Å². The number of thiazole rings is 1. The van der Waals surface area contributed by atoms with Gasteiger partial charge in [-0.3, -0.25) is 19.7 Å². The Hall–Kier alpha value is -6.05. The summed E-state index contributed by atoms with van der Waals surface area (Å²) in [5, 5.41) is 5.75. The smallest absolute Gasteiger partial charge is 0.416 e. The lowest BCUT2D eigenvalue weighted by molar-refractivity contribution is -0.198. The fourth-order valence-corrected chi connectivity index (χ4v) is 8.27. The van der Waals surface area contributed by atoms with Crippen molar-refractivity contribution in [2.24, 2.45) is 7.05 Å². The number of carbonyl (C=O) groups excluding carboxylic acids is 5. The first-order valence-electron chi connectivity index (χ1n) is 19.7. The third-order valence-corrected chi connectivity index (χ3v) is 11.2. The zero-order chi connectivity index (χ0) is 42.3. The molecule has 2 fully saturated rings. The summed E-state index contributed by atoms with van der Waals surface area (Å²) in [5.41, 5.74) is 1.33. The minimum absolute atomic E-state index is 0.0364. The number of rotatable bonds is 14. The van der Waals surface area contributed by atoms with Gasteiger partial charge in [-0.25, -0.2) is 24.5 Å². The highest BCUT2D eigenvalue weighted by Gasteiger charge is 2.47. The molecule has 2 N–H and O–H groups in total. The molecule has 0 radical (unpaired) electrons. The van der Waals surface area contributed by atoms with Crippen molar-refractivity contribution in [3.8, 4) is 11.5 Å². The minimum Gasteiger partial charge on any atom is -0.493 e. The monoisotopic (exact) mass is 845 g/mol. The number of carbonyl (C=O) groups is 5. The Morgan fingerprint density at radius 1 is 1.03 bits per heavy atom. The number of nitrogens with zero attached hydrogens (tertiary/aromatic N) is 5. The molecule has 18 nitrogen and oxygen atoms in total. The van der Waals surface area contributed by atoms with E-state index in [0.29, 0.717) is 42.2 Å². The van der Waals surface area contributed by atoms with E-state index in [1.807, 2.05) is 0 Å². The molecule has 3 aliphatic heterocycles. The van der Waals surface area contributed by atoms with Gasteiger partial charge in [-0.05, 0) is 69.2 Å². The lowest BCUT2D eigenvalue weighted by atomic mass is 10.00. The lowest BCUT2D eigenvalue weighted by Crippen LogP contribution is -2.57. The molecule has 2 aromatic heterocycles. The molecule has 60 heavy (non-hydrogen) atoms. The number of fused-ring (bicyclic) bond motifs is 3. The second kappa shape index (κ2) is 18.9. The van der Waals surface area contributed by atoms with Gasteiger partial charge in [0.2, 0.25) is 11.7 Å². The molecule has 19 heteroatoms. The number of amides is 4. The van der Waals surface area contributed by atoms with Crippen LogP contribution in [0.3, 0.4) is 0 Å². The van der Waals surface area contributed by atoms with Crippen LogP contribution < -0.4 is 25.0 Å². The summed E-state index contributed by atoms with van der Waals surface area (Å²) in [7, 11) is 4.37. The Morgan fingerprint density at radius 2 is 1.87 bits per heavy atom. The predicted molar refractivity (Wildman–Crippen MR) is 220 cm³/mol. The van der Waals surface area contributed by atoms with E-state index < -0.39 is 36.5 Å². The number of ether oxygens (including phenoxy) is 6. The van der Waals surface area contributed by atoms with E-state index in [9.17, 15) is 24.0 Å². The molecule has 7 rings (SSSR count). The predicted octanol–water partition coefficient (Wildman–Crippen LogP) is 5.88. The Kier molecular flexibility index (Phi) is 13.3. The molecule has 2 aromatic carbocycles. The number of benzene rings is 2. The molecule has 0 saturated carbocycles. The van der Waals surface area contributed by atoms with Crippen LogP contribution in [-0.2, 0) is 30.8 Å². The van der Waals surface area contributed by atoms with Gasteiger partial charge in [-0.1, -0.05) is 24.0 Å². The van der Waals surface area contributed by atoms with Crippen molar-refractivity contribution < 1.29 is 52.4 Å². The number of anilines is 3. The van der Waals surface area contributed by atoms with Crippen LogP contribution in [-0.4, -0.2) is 108 Å². The van der Waals surface area contributed by atoms with Crippen LogP contribution in [0.25, 0.3) is 10.2 Å². The highest BCUT2D eigenvalue weighted by molar-refractivity contribution is 7.22. The van der Waals surface area contributed by atoms with Crippen LogP contribution in [0.5, 0.6) is 11.5 Å². The fraction of sp³-hybridized carbons (Fsp3) is 0.439. The van der Waals surface area contributed by atoms with Gasteiger partial charge < -0.3 is 43.2 Å². The number of hydrogen-bond acceptors (Lipinski definition) is 14. The van der Waals surface area contributed by atoms with Gasteiger partial charge in [-0.2, -0.15) is 0 Å². The second-order valence-electron chi connectivity index (χ2n) is 14.3. The maximum absolute atomic E-state index is 14.2. The number of aromatic nitrogens is 3. The average Bonchev–Trinajstić information content (AvgIpc) is 3.82. The molecule has 0 bridgehead atoms. The van der Waals surface area contributed by atoms with E-state index >= 15 is 0 Å². The maximum Gasteiger partial charge on any atom is 0.416 e. The normalized spacial score (nSPS) is 18.8. The Morgan fingerprint density at radius 3 is 2.63 bits per heavy atom. The quantitative estimate of drug-likeness (QED) is 0.0867. The van der Waals surface area contributed by atoms with E-state index in [0.717, 1.165) is 30.4 Å². The highest BCUT2D eigenvalue weighted by Crippen LogP contribution is 2.42. The number of imidazole rings is 1. The number of nitrogens with one attached hydrogen (secondary N) is 2. The summed E-state index contributed by atoms with van der Waals surface area (Å²) in [6, 6.07) is 7.61. The van der Waals surface area contributed by atoms with E-state index in [2.05, 4.69) is 27.2 Å². The second-order valence-corrected chi connectivity index (χ2v) is 15.4. The molecular weight excluding hydrogens is 799 g/mol. The van der Waals surface area contributed by atoms with Gasteiger partial charge in [0.15, 0.2) is 35.0 Å². The highest BCUT2D eigenvalue weighted by atomic mass is 32.1. The van der Waals surface area contributed by atoms with Crippen LogP contribution in [0.15, 0.2) is 49.2 Å². The van der Waals surface area contributed by atoms with Crippen molar-refractivity contribution in [3.05, 3.63) is 66.1 Å². The SMILES string of the molecule is C=CCOC(=O)N1c2cc(OCCCC(=O)Nc3cn(C)c(C(=O)Nc4nc5cc(C(=O)OC)ccc5s4)n3)c(OC)cc2C(=O)N2CCCC[C@H]2[C@@H]1OC1CCCCO1. The Balaban J connectivity index is 1.02. The maximum atomic E-state index is 14.2. The van der Waals surface area contributed by atoms with Gasteiger partial charge in [0, 0.05) is 38.9 Å². The summed E-state index contributed by atoms with van der Waals surface area (Å²) >= 11 is 1.23. The van der Waals surface area contributed by atoms with Gasteiger partial charge in [-0.15, -0.1) is 0 Å². The molecular formula is C41H47N7O11S. The molecule has 1 unspecified atom stereocenters. The fourth-order valence-electron chi connectivity index (χ4n) is 7.43. The molecule has 3 aliphatic rings. The largest absolute Gasteiger partial charge is 0.493 e. The number of esters is 1. The first-order chi connectivity index (χ1) is 29.1. The molecule has 0 aliphatic carbocycles. The van der Waals surface area contributed by atoms with Crippen LogP contribution in [0, 0.1) is 0 Å². The first-order valence-corrected chi connectivity index (χ1v) is 20.5. The number of piperidine rings is 1. The molecule has 318 valence electrons. The first kappa shape index (κ1) is 42.1. The summed E-state index contributed by atoms with van der Waals surface area (Å²) in [6.45, 7) is 4.72. The molecule has 4 amide bonds. The summed E-state index contributed by atoms with van der Waals surface area (Å²) in [6.07, 6.45) is 5.84. The molecule has 3 atom stereocenters. The topological polar surface area (TPSA) is 202 Å². The van der Waals surface area contributed by atoms with E-state index in [1.165, 1.54) is 47.3 Å². The third kappa shape index (κ3) is 9.22. The van der Waals surface area contributed by atoms with Gasteiger partial charge in [0.05, 0.1) is 53.9 Å². The molecule has 0 spiro atoms. The van der Waals surface area contributed by atoms with Crippen molar-refractivity contribution >= 4 is 68.0 Å². The molecule has 5 heterocycles. The lowest BCUT2D eigenvalue weighted by Gasteiger charge is -2.42. The van der Waals surface area contributed by atoms with Crippen LogP contribution in [0.2, 0.25) is 0 Å². The third-order valence-electron chi connectivity index (χ3n) is 10.3. The molecule has 2 saturated heterocycles. The summed E-state index contributed by atoms with van der Waals surface area (Å²) in [5.74, 6) is -0.946. The van der Waals surface area contributed by atoms with E-state index in [-0.39, 0.29) is 72.3 Å². The van der Waals surface area contributed by atoms with Crippen molar-refractivity contribution in [2.45, 2.75) is 69.9 Å². The zero-order valence-corrected chi connectivity index (χ0v) is 34.4. The molecule has 4 aromatic rings. The van der Waals surface area contributed by atoms with Gasteiger partial charge in [0.1, 0.15) is 6.61 Å². The van der Waals surface area contributed by atoms with Gasteiger partial charge in [0.25, 0.3) is 11.8 Å². The standard InChI is InChI=1S/C41H47N7O11S/c1-5-17-58-41(53)48-28-22-30(29(54-3)21-25(28)37(51)47-16-8-6-11-27(47)38(48)59-34-13-7-9-18-57-34)56-19-10-12-33(49)43-32-23-46(2)35(44-32)36(50)45-40-42-26-20-24(39(52)55-4)14-15-31(26)60-40/h5,14-15,20-23,27,34,38H,1,6-13,16-19H2,2-4H3,(H,43,49)(H,42,45,50)/t27-,34?,38-/m0/s1. The number of methoxy groups -OCH3 is 2. The number of aryl methyl sites for hydroxylation is 1.